The lowest BCUT2D eigenvalue weighted by Crippen LogP contribution is -2.51. The van der Waals surface area contributed by atoms with Gasteiger partial charge in [-0.05, 0) is 39.3 Å². The van der Waals surface area contributed by atoms with Crippen LogP contribution in [0.5, 0.6) is 0 Å². The number of hydrogen-bond donors (Lipinski definition) is 1. The van der Waals surface area contributed by atoms with Gasteiger partial charge in [-0.25, -0.2) is 0 Å². The Bertz CT molecular complexity index is 323. The lowest BCUT2D eigenvalue weighted by Gasteiger charge is -2.40. The fourth-order valence-electron chi connectivity index (χ4n) is 2.08. The molecule has 1 aromatic rings. The summed E-state index contributed by atoms with van der Waals surface area (Å²) in [5.74, 6) is 0. The van der Waals surface area contributed by atoms with E-state index in [1.807, 2.05) is 13.0 Å². The smallest absolute Gasteiger partial charge is 0.0692 e. The number of benzene rings is 1. The number of aliphatic hydroxyl groups is 1. The molecule has 0 aliphatic carbocycles. The van der Waals surface area contributed by atoms with Gasteiger partial charge in [-0.1, -0.05) is 37.3 Å². The molecule has 0 spiro atoms. The first-order chi connectivity index (χ1) is 8.00. The first kappa shape index (κ1) is 14.2. The Kier molecular flexibility index (Phi) is 5.16. The molecular formula is C15H25NO. The second kappa shape index (κ2) is 6.18. The first-order valence-corrected chi connectivity index (χ1v) is 6.44. The molecular weight excluding hydrogens is 210 g/mol. The van der Waals surface area contributed by atoms with Crippen LogP contribution in [-0.2, 0) is 6.42 Å². The highest BCUT2D eigenvalue weighted by Crippen LogP contribution is 2.22. The molecule has 1 aromatic carbocycles. The van der Waals surface area contributed by atoms with Crippen LogP contribution in [-0.4, -0.2) is 35.2 Å². The second-order valence-corrected chi connectivity index (χ2v) is 5.04. The minimum atomic E-state index is -0.312. The van der Waals surface area contributed by atoms with Crippen molar-refractivity contribution in [3.8, 4) is 0 Å². The monoisotopic (exact) mass is 235 g/mol. The molecule has 0 aromatic heterocycles. The van der Waals surface area contributed by atoms with Crippen molar-refractivity contribution in [2.24, 2.45) is 0 Å². The van der Waals surface area contributed by atoms with E-state index in [0.717, 1.165) is 19.4 Å². The second-order valence-electron chi connectivity index (χ2n) is 5.04. The molecule has 0 radical (unpaired) electrons. The van der Waals surface area contributed by atoms with Crippen molar-refractivity contribution in [1.29, 1.82) is 0 Å². The third-order valence-corrected chi connectivity index (χ3v) is 4.07. The largest absolute Gasteiger partial charge is 0.391 e. The Morgan fingerprint density at radius 1 is 1.29 bits per heavy atom. The van der Waals surface area contributed by atoms with E-state index in [0.29, 0.717) is 0 Å². The van der Waals surface area contributed by atoms with Crippen LogP contribution in [0.2, 0.25) is 0 Å². The van der Waals surface area contributed by atoms with Crippen molar-refractivity contribution in [1.82, 2.24) is 4.90 Å². The van der Waals surface area contributed by atoms with Crippen LogP contribution in [0.15, 0.2) is 30.3 Å². The van der Waals surface area contributed by atoms with Crippen molar-refractivity contribution in [3.05, 3.63) is 35.9 Å². The van der Waals surface area contributed by atoms with Crippen molar-refractivity contribution in [3.63, 3.8) is 0 Å². The van der Waals surface area contributed by atoms with Crippen LogP contribution in [0.4, 0.5) is 0 Å². The van der Waals surface area contributed by atoms with Crippen LogP contribution >= 0.6 is 0 Å². The molecule has 17 heavy (non-hydrogen) atoms. The standard InChI is InChI=1S/C15H25NO/c1-5-15(3,13(2)17)16(4)12-11-14-9-7-6-8-10-14/h6-10,13,17H,5,11-12H2,1-4H3. The Hall–Kier alpha value is -0.860. The van der Waals surface area contributed by atoms with E-state index < -0.39 is 0 Å². The average molecular weight is 235 g/mol. The highest BCUT2D eigenvalue weighted by molar-refractivity contribution is 5.15. The third-order valence-electron chi connectivity index (χ3n) is 4.07. The molecule has 1 N–H and O–H groups in total. The number of aliphatic hydroxyl groups excluding tert-OH is 1. The van der Waals surface area contributed by atoms with Gasteiger partial charge in [0.1, 0.15) is 0 Å². The number of rotatable bonds is 6. The summed E-state index contributed by atoms with van der Waals surface area (Å²) in [4.78, 5) is 2.27. The fraction of sp³-hybridized carbons (Fsp3) is 0.600. The summed E-state index contributed by atoms with van der Waals surface area (Å²) in [5.41, 5.74) is 1.22. The average Bonchev–Trinajstić information content (AvgIpc) is 2.35. The summed E-state index contributed by atoms with van der Waals surface area (Å²) < 4.78 is 0. The zero-order valence-electron chi connectivity index (χ0n) is 11.5. The van der Waals surface area contributed by atoms with E-state index in [9.17, 15) is 5.11 Å². The molecule has 0 fully saturated rings. The van der Waals surface area contributed by atoms with Crippen molar-refractivity contribution < 1.29 is 5.11 Å². The third kappa shape index (κ3) is 3.55. The van der Waals surface area contributed by atoms with Crippen LogP contribution < -0.4 is 0 Å². The lowest BCUT2D eigenvalue weighted by molar-refractivity contribution is 0.000920. The van der Waals surface area contributed by atoms with Crippen molar-refractivity contribution in [2.75, 3.05) is 13.6 Å². The number of nitrogens with zero attached hydrogens (tertiary/aromatic N) is 1. The maximum absolute atomic E-state index is 9.90. The Balaban J connectivity index is 2.57. The van der Waals surface area contributed by atoms with Gasteiger partial charge in [0.05, 0.1) is 6.10 Å². The van der Waals surface area contributed by atoms with Gasteiger partial charge in [-0.15, -0.1) is 0 Å². The van der Waals surface area contributed by atoms with E-state index in [2.05, 4.69) is 50.1 Å². The summed E-state index contributed by atoms with van der Waals surface area (Å²) >= 11 is 0. The highest BCUT2D eigenvalue weighted by Gasteiger charge is 2.31. The predicted molar refractivity (Wildman–Crippen MR) is 73.2 cm³/mol. The van der Waals surface area contributed by atoms with Gasteiger partial charge in [0.15, 0.2) is 0 Å². The fourth-order valence-corrected chi connectivity index (χ4v) is 2.08. The van der Waals surface area contributed by atoms with Gasteiger partial charge in [0.2, 0.25) is 0 Å². The molecule has 0 saturated heterocycles. The zero-order valence-corrected chi connectivity index (χ0v) is 11.5. The predicted octanol–water partition coefficient (Wildman–Crippen LogP) is 2.71. The van der Waals surface area contributed by atoms with Crippen LogP contribution in [0.1, 0.15) is 32.8 Å². The minimum absolute atomic E-state index is 0.130. The number of likely N-dealkylation sites (N-methyl/N-ethyl adjacent to an activating group) is 1. The molecule has 0 bridgehead atoms. The minimum Gasteiger partial charge on any atom is -0.391 e. The SMILES string of the molecule is CCC(C)(C(C)O)N(C)CCc1ccccc1. The van der Waals surface area contributed by atoms with Gasteiger partial charge in [-0.2, -0.15) is 0 Å². The van der Waals surface area contributed by atoms with Gasteiger partial charge in [0.25, 0.3) is 0 Å². The van der Waals surface area contributed by atoms with E-state index in [1.54, 1.807) is 0 Å². The first-order valence-electron chi connectivity index (χ1n) is 6.44. The molecule has 2 unspecified atom stereocenters. The molecule has 0 saturated carbocycles. The highest BCUT2D eigenvalue weighted by atomic mass is 16.3. The van der Waals surface area contributed by atoms with Gasteiger partial charge >= 0.3 is 0 Å². The maximum atomic E-state index is 9.90. The molecule has 96 valence electrons. The summed E-state index contributed by atoms with van der Waals surface area (Å²) in [7, 11) is 2.10. The van der Waals surface area contributed by atoms with Crippen LogP contribution in [0.25, 0.3) is 0 Å². The molecule has 1 rings (SSSR count). The molecule has 0 amide bonds. The Labute approximate surface area is 105 Å². The van der Waals surface area contributed by atoms with Crippen LogP contribution in [0, 0.1) is 0 Å². The van der Waals surface area contributed by atoms with Gasteiger partial charge in [-0.3, -0.25) is 4.90 Å². The quantitative estimate of drug-likeness (QED) is 0.819. The van der Waals surface area contributed by atoms with E-state index in [4.69, 9.17) is 0 Å². The lowest BCUT2D eigenvalue weighted by atomic mass is 9.90. The van der Waals surface area contributed by atoms with Gasteiger partial charge < -0.3 is 5.11 Å². The van der Waals surface area contributed by atoms with E-state index in [-0.39, 0.29) is 11.6 Å². The Morgan fingerprint density at radius 3 is 2.35 bits per heavy atom. The molecule has 0 heterocycles. The van der Waals surface area contributed by atoms with Gasteiger partial charge in [0, 0.05) is 12.1 Å². The molecule has 0 aliphatic heterocycles. The summed E-state index contributed by atoms with van der Waals surface area (Å²) in [5, 5.41) is 9.90. The van der Waals surface area contributed by atoms with E-state index >= 15 is 0 Å². The normalized spacial score (nSPS) is 16.8. The molecule has 2 atom stereocenters. The maximum Gasteiger partial charge on any atom is 0.0692 e. The number of hydrogen-bond acceptors (Lipinski definition) is 2. The Morgan fingerprint density at radius 2 is 1.88 bits per heavy atom. The van der Waals surface area contributed by atoms with Crippen LogP contribution in [0.3, 0.4) is 0 Å². The van der Waals surface area contributed by atoms with Crippen molar-refractivity contribution >= 4 is 0 Å². The van der Waals surface area contributed by atoms with E-state index in [1.165, 1.54) is 5.56 Å². The topological polar surface area (TPSA) is 23.5 Å². The summed E-state index contributed by atoms with van der Waals surface area (Å²) in [6, 6.07) is 10.5. The molecule has 2 nitrogen and oxygen atoms in total. The summed E-state index contributed by atoms with van der Waals surface area (Å²) in [6.45, 7) is 7.11. The van der Waals surface area contributed by atoms with Crippen molar-refractivity contribution in [2.45, 2.75) is 45.3 Å². The molecule has 2 heteroatoms. The molecule has 0 aliphatic rings. The zero-order chi connectivity index (χ0) is 12.9. The summed E-state index contributed by atoms with van der Waals surface area (Å²) in [6.07, 6.45) is 1.67.